The van der Waals surface area contributed by atoms with Gasteiger partial charge in [0.1, 0.15) is 0 Å². The monoisotopic (exact) mass is 168 g/mol. The van der Waals surface area contributed by atoms with Crippen LogP contribution in [0.2, 0.25) is 0 Å². The molecule has 5 nitrogen and oxygen atoms in total. The van der Waals surface area contributed by atoms with E-state index in [0.717, 1.165) is 0 Å². The minimum Gasteiger partial charge on any atom is -0.618 e. The summed E-state index contributed by atoms with van der Waals surface area (Å²) in [5.74, 6) is 0. The van der Waals surface area contributed by atoms with E-state index in [-0.39, 0.29) is 11.4 Å². The van der Waals surface area contributed by atoms with Crippen molar-refractivity contribution in [1.82, 2.24) is 0 Å². The molecule has 0 aliphatic carbocycles. The van der Waals surface area contributed by atoms with Crippen molar-refractivity contribution in [2.45, 2.75) is 13.8 Å². The summed E-state index contributed by atoms with van der Waals surface area (Å²) in [7, 11) is 0. The van der Waals surface area contributed by atoms with Gasteiger partial charge in [0.2, 0.25) is 0 Å². The topological polar surface area (TPSA) is 70.1 Å². The van der Waals surface area contributed by atoms with E-state index in [4.69, 9.17) is 0 Å². The first kappa shape index (κ1) is 8.45. The molecule has 0 aromatic carbocycles. The summed E-state index contributed by atoms with van der Waals surface area (Å²) in [6.45, 7) is 3.03. The Bertz CT molecular complexity index is 336. The van der Waals surface area contributed by atoms with E-state index in [0.29, 0.717) is 10.3 Å². The predicted octanol–water partition coefficient (Wildman–Crippen LogP) is 0.845. The van der Waals surface area contributed by atoms with Gasteiger partial charge in [-0.3, -0.25) is 10.1 Å². The second kappa shape index (κ2) is 2.77. The molecule has 0 aliphatic heterocycles. The molecule has 5 heteroatoms. The summed E-state index contributed by atoms with van der Waals surface area (Å²) in [4.78, 5) is 9.91. The normalized spacial score (nSPS) is 9.83. The van der Waals surface area contributed by atoms with Crippen LogP contribution >= 0.6 is 0 Å². The van der Waals surface area contributed by atoms with Crippen molar-refractivity contribution >= 4 is 5.69 Å². The zero-order valence-corrected chi connectivity index (χ0v) is 6.77. The molecule has 0 radical (unpaired) electrons. The first-order chi connectivity index (χ1) is 5.54. The Morgan fingerprint density at radius 2 is 2.08 bits per heavy atom. The van der Waals surface area contributed by atoms with E-state index in [1.54, 1.807) is 6.92 Å². The Balaban J connectivity index is 3.43. The van der Waals surface area contributed by atoms with E-state index >= 15 is 0 Å². The highest BCUT2D eigenvalue weighted by Crippen LogP contribution is 2.18. The van der Waals surface area contributed by atoms with Crippen molar-refractivity contribution in [2.24, 2.45) is 0 Å². The van der Waals surface area contributed by atoms with Crippen molar-refractivity contribution in [2.75, 3.05) is 0 Å². The molecule has 0 bridgehead atoms. The van der Waals surface area contributed by atoms with Gasteiger partial charge in [-0.1, -0.05) is 0 Å². The average molecular weight is 168 g/mol. The maximum absolute atomic E-state index is 10.9. The third kappa shape index (κ3) is 1.20. The van der Waals surface area contributed by atoms with Gasteiger partial charge in [-0.2, -0.15) is 4.73 Å². The van der Waals surface area contributed by atoms with Gasteiger partial charge >= 0.3 is 5.69 Å². The first-order valence-corrected chi connectivity index (χ1v) is 3.38. The smallest absolute Gasteiger partial charge is 0.339 e. The van der Waals surface area contributed by atoms with Crippen molar-refractivity contribution in [3.8, 4) is 0 Å². The van der Waals surface area contributed by atoms with Crippen LogP contribution in [-0.4, -0.2) is 4.92 Å². The number of aromatic nitrogens is 1. The Morgan fingerprint density at radius 1 is 1.50 bits per heavy atom. The summed E-state index contributed by atoms with van der Waals surface area (Å²) in [5.41, 5.74) is 0.525. The molecule has 0 saturated carbocycles. The van der Waals surface area contributed by atoms with Crippen LogP contribution in [-0.2, 0) is 0 Å². The number of pyridine rings is 1. The number of nitro groups is 1. The quantitative estimate of drug-likeness (QED) is 0.270. The van der Waals surface area contributed by atoms with Crippen LogP contribution < -0.4 is 4.73 Å². The number of hydrogen-bond donors (Lipinski definition) is 0. The Kier molecular flexibility index (Phi) is 1.95. The molecule has 0 aliphatic rings. The molecule has 0 N–H and O–H groups in total. The molecular weight excluding hydrogens is 160 g/mol. The maximum atomic E-state index is 10.9. The molecule has 0 spiro atoms. The van der Waals surface area contributed by atoms with Crippen molar-refractivity contribution in [3.05, 3.63) is 38.8 Å². The lowest BCUT2D eigenvalue weighted by Crippen LogP contribution is -2.30. The van der Waals surface area contributed by atoms with Gasteiger partial charge in [0.05, 0.1) is 4.92 Å². The highest BCUT2D eigenvalue weighted by molar-refractivity contribution is 5.39. The van der Waals surface area contributed by atoms with Crippen molar-refractivity contribution < 1.29 is 9.65 Å². The van der Waals surface area contributed by atoms with Crippen LogP contribution in [0.4, 0.5) is 5.69 Å². The van der Waals surface area contributed by atoms with E-state index in [1.807, 2.05) is 0 Å². The fourth-order valence-electron chi connectivity index (χ4n) is 1.04. The fraction of sp³-hybridized carbons (Fsp3) is 0.286. The third-order valence-corrected chi connectivity index (χ3v) is 1.69. The second-order valence-corrected chi connectivity index (χ2v) is 2.52. The predicted molar refractivity (Wildman–Crippen MR) is 41.5 cm³/mol. The Morgan fingerprint density at radius 3 is 2.50 bits per heavy atom. The zero-order chi connectivity index (χ0) is 9.30. The molecular formula is C7H8N2O3. The highest BCUT2D eigenvalue weighted by atomic mass is 16.6. The van der Waals surface area contributed by atoms with E-state index < -0.39 is 4.92 Å². The number of aryl methyl sites for hydroxylation is 1. The number of hydrogen-bond acceptors (Lipinski definition) is 3. The van der Waals surface area contributed by atoms with Crippen LogP contribution in [0.5, 0.6) is 0 Å². The number of rotatable bonds is 1. The fourth-order valence-corrected chi connectivity index (χ4v) is 1.04. The third-order valence-electron chi connectivity index (χ3n) is 1.69. The lowest BCUT2D eigenvalue weighted by Gasteiger charge is -2.01. The van der Waals surface area contributed by atoms with Crippen LogP contribution in [0.1, 0.15) is 11.3 Å². The number of nitrogens with zero attached hydrogens (tertiary/aromatic N) is 2. The summed E-state index contributed by atoms with van der Waals surface area (Å²) >= 11 is 0. The first-order valence-electron chi connectivity index (χ1n) is 3.38. The van der Waals surface area contributed by atoms with Gasteiger partial charge in [-0.15, -0.1) is 0 Å². The van der Waals surface area contributed by atoms with Gasteiger partial charge in [0.15, 0.2) is 6.20 Å². The van der Waals surface area contributed by atoms with Crippen LogP contribution in [0, 0.1) is 29.2 Å². The van der Waals surface area contributed by atoms with Crippen LogP contribution in [0.3, 0.4) is 0 Å². The van der Waals surface area contributed by atoms with Gasteiger partial charge in [-0.25, -0.2) is 0 Å². The summed E-state index contributed by atoms with van der Waals surface area (Å²) < 4.78 is 0.491. The molecule has 64 valence electrons. The standard InChI is InChI=1S/C7H8N2O3/c1-5-3-4-8(10)6(2)7(5)9(11)12/h3-4H,1-2H3. The Labute approximate surface area is 69.0 Å². The van der Waals surface area contributed by atoms with Gasteiger partial charge < -0.3 is 5.21 Å². The SMILES string of the molecule is Cc1cc[n+]([O-])c(C)c1[N+](=O)[O-]. The van der Waals surface area contributed by atoms with Crippen LogP contribution in [0.25, 0.3) is 0 Å². The minimum absolute atomic E-state index is 0.104. The maximum Gasteiger partial charge on any atom is 0.339 e. The lowest BCUT2D eigenvalue weighted by molar-refractivity contribution is -0.616. The summed E-state index contributed by atoms with van der Waals surface area (Å²) in [6.07, 6.45) is 1.26. The van der Waals surface area contributed by atoms with E-state index in [2.05, 4.69) is 0 Å². The zero-order valence-electron chi connectivity index (χ0n) is 6.77. The summed E-state index contributed by atoms with van der Waals surface area (Å²) in [6, 6.07) is 1.43. The molecule has 0 fully saturated rings. The van der Waals surface area contributed by atoms with Gasteiger partial charge in [0.25, 0.3) is 5.69 Å². The molecule has 0 atom stereocenters. The molecule has 1 aromatic heterocycles. The van der Waals surface area contributed by atoms with Crippen molar-refractivity contribution in [3.63, 3.8) is 0 Å². The molecule has 0 unspecified atom stereocenters. The molecule has 1 heterocycles. The summed E-state index contributed by atoms with van der Waals surface area (Å²) in [5, 5.41) is 21.4. The minimum atomic E-state index is -0.543. The highest BCUT2D eigenvalue weighted by Gasteiger charge is 2.20. The van der Waals surface area contributed by atoms with Gasteiger partial charge in [0, 0.05) is 18.6 Å². The van der Waals surface area contributed by atoms with E-state index in [1.165, 1.54) is 19.2 Å². The molecule has 0 saturated heterocycles. The van der Waals surface area contributed by atoms with Gasteiger partial charge in [-0.05, 0) is 6.92 Å². The molecule has 0 amide bonds. The molecule has 1 rings (SSSR count). The van der Waals surface area contributed by atoms with Crippen LogP contribution in [0.15, 0.2) is 12.3 Å². The Hall–Kier alpha value is -1.65. The second-order valence-electron chi connectivity index (χ2n) is 2.52. The van der Waals surface area contributed by atoms with E-state index in [9.17, 15) is 15.3 Å². The molecule has 12 heavy (non-hydrogen) atoms. The van der Waals surface area contributed by atoms with Crippen molar-refractivity contribution in [1.29, 1.82) is 0 Å². The molecule has 1 aromatic rings. The average Bonchev–Trinajstić information content (AvgIpc) is 1.97. The largest absolute Gasteiger partial charge is 0.618 e. The lowest BCUT2D eigenvalue weighted by atomic mass is 10.2.